The zero-order chi connectivity index (χ0) is 63.7. The third-order valence-corrected chi connectivity index (χ3v) is 14.4. The number of imidazole rings is 2. The van der Waals surface area contributed by atoms with Crippen LogP contribution in [0.1, 0.15) is 125 Å². The molecule has 3 N–H and O–H groups in total. The molecule has 2 amide bonds. The number of piperidine rings is 2. The molecule has 4 aromatic carbocycles. The molecule has 0 aliphatic carbocycles. The van der Waals surface area contributed by atoms with Crippen LogP contribution in [0, 0.1) is 11.8 Å². The molecule has 0 bridgehead atoms. The van der Waals surface area contributed by atoms with Gasteiger partial charge in [-0.2, -0.15) is 8.42 Å². The fourth-order valence-electron chi connectivity index (χ4n) is 9.94. The first-order valence-corrected chi connectivity index (χ1v) is 32.9. The Kier molecular flexibility index (Phi) is 24.4. The number of H-pyrrole nitrogens is 2. The Bertz CT molecular complexity index is 3420. The van der Waals surface area contributed by atoms with Gasteiger partial charge in [0.1, 0.15) is 57.2 Å². The van der Waals surface area contributed by atoms with E-state index in [1.807, 2.05) is 139 Å². The van der Waals surface area contributed by atoms with E-state index >= 15 is 0 Å². The molecule has 2 atom stereocenters. The van der Waals surface area contributed by atoms with E-state index in [2.05, 4.69) is 20.7 Å². The average Bonchev–Trinajstić information content (AvgIpc) is 1.90. The molecule has 87 heavy (non-hydrogen) atoms. The molecule has 2 aliphatic rings. The van der Waals surface area contributed by atoms with Gasteiger partial charge in [0.15, 0.2) is 11.4 Å². The number of carbonyl (C=O) groups is 4. The second-order valence-electron chi connectivity index (χ2n) is 22.9. The molecule has 0 saturated carbocycles. The smallest absolute Gasteiger partial charge is 0.410 e. The molecule has 2 fully saturated rings. The van der Waals surface area contributed by atoms with Crippen molar-refractivity contribution in [2.45, 2.75) is 103 Å². The van der Waals surface area contributed by atoms with E-state index in [0.717, 1.165) is 36.7 Å². The second kappa shape index (κ2) is 30.9. The first kappa shape index (κ1) is 68.6. The molecule has 2 saturated heterocycles. The number of aliphatic hydroxyl groups is 1. The molecule has 2 aromatic heterocycles. The molecular weight excluding hydrogens is 1180 g/mol. The average molecular weight is 1260 g/mol. The lowest BCUT2D eigenvalue weighted by atomic mass is 9.82. The summed E-state index contributed by atoms with van der Waals surface area (Å²) < 4.78 is 80.2. The minimum Gasteiger partial charge on any atom is -0.464 e. The molecule has 8 rings (SSSR count). The van der Waals surface area contributed by atoms with Crippen molar-refractivity contribution in [2.75, 3.05) is 66.1 Å². The maximum Gasteiger partial charge on any atom is 0.410 e. The quantitative estimate of drug-likeness (QED) is 0.0312. The van der Waals surface area contributed by atoms with Gasteiger partial charge in [0.25, 0.3) is 10.1 Å². The number of para-hydroxylation sites is 2. The molecule has 25 heteroatoms. The number of nitrogens with one attached hydrogen (secondary N) is 2. The van der Waals surface area contributed by atoms with Crippen molar-refractivity contribution in [1.82, 2.24) is 29.7 Å². The number of benzene rings is 4. The minimum absolute atomic E-state index is 0.0218. The predicted octanol–water partition coefficient (Wildman–Crippen LogP) is 11.7. The zero-order valence-corrected chi connectivity index (χ0v) is 53.1. The number of aromatic nitrogens is 4. The summed E-state index contributed by atoms with van der Waals surface area (Å²) >= 11 is 0. The van der Waals surface area contributed by atoms with Gasteiger partial charge in [0.05, 0.1) is 33.3 Å². The van der Waals surface area contributed by atoms with Crippen molar-refractivity contribution < 1.29 is 73.7 Å². The number of esters is 2. The van der Waals surface area contributed by atoms with Gasteiger partial charge >= 0.3 is 24.1 Å². The molecule has 6 aromatic rings. The predicted molar refractivity (Wildman–Crippen MR) is 328 cm³/mol. The topological polar surface area (TPSA) is 285 Å². The van der Waals surface area contributed by atoms with Gasteiger partial charge in [-0.05, 0) is 165 Å². The molecule has 0 radical (unpaired) electrons. The number of aliphatic hydroxyl groups excluding tert-OH is 1. The first-order valence-electron chi connectivity index (χ1n) is 28.3. The maximum absolute atomic E-state index is 12.8. The zero-order valence-electron chi connectivity index (χ0n) is 50.7. The number of hydrogen-bond donors (Lipinski definition) is 3. The van der Waals surface area contributed by atoms with Crippen LogP contribution in [0.15, 0.2) is 109 Å². The fourth-order valence-corrected chi connectivity index (χ4v) is 10.3. The highest BCUT2D eigenvalue weighted by atomic mass is 35.7. The SMILES string of the molecule is COC(=O)c1[nH]c(C(CCO)C2CCN(C(=O)OC(C)(C)C)CC2)nc1-c1ccc(Oc2ccccc2)cc1.COC(=O)c1[nH]c(C(CCOS(C)(=O)=O)C2CCN(C(=O)OC(C)(C)C)CC2)nc1-c1ccc(Oc2ccccc2)cc1.CS(=O)(=O)Cl. The summed E-state index contributed by atoms with van der Waals surface area (Å²) in [6.07, 6.45) is 4.81. The van der Waals surface area contributed by atoms with Crippen molar-refractivity contribution in [2.24, 2.45) is 11.8 Å². The summed E-state index contributed by atoms with van der Waals surface area (Å²) in [5.74, 6) is 2.57. The van der Waals surface area contributed by atoms with Crippen LogP contribution in [-0.2, 0) is 42.3 Å². The number of ether oxygens (including phenoxy) is 6. The number of halogens is 1. The Morgan fingerprint density at radius 1 is 0.575 bits per heavy atom. The van der Waals surface area contributed by atoms with E-state index in [0.29, 0.717) is 97.7 Å². The Labute approximate surface area is 513 Å². The van der Waals surface area contributed by atoms with Gasteiger partial charge in [-0.25, -0.2) is 37.6 Å². The van der Waals surface area contributed by atoms with Gasteiger partial charge in [-0.1, -0.05) is 36.4 Å². The molecule has 4 heterocycles. The monoisotopic (exact) mass is 1260 g/mol. The van der Waals surface area contributed by atoms with Crippen molar-refractivity contribution in [1.29, 1.82) is 0 Å². The maximum atomic E-state index is 12.8. The van der Waals surface area contributed by atoms with E-state index in [-0.39, 0.29) is 60.5 Å². The van der Waals surface area contributed by atoms with Crippen LogP contribution in [0.25, 0.3) is 22.5 Å². The summed E-state index contributed by atoms with van der Waals surface area (Å²) in [6, 6.07) is 33.4. The molecular formula is C62H79ClN6O16S2. The van der Waals surface area contributed by atoms with Crippen molar-refractivity contribution in [3.05, 3.63) is 132 Å². The number of methoxy groups -OCH3 is 2. The summed E-state index contributed by atoms with van der Waals surface area (Å²) in [6.45, 7) is 13.0. The van der Waals surface area contributed by atoms with Gasteiger partial charge in [-0.3, -0.25) is 4.18 Å². The number of carbonyl (C=O) groups excluding carboxylic acids is 4. The lowest BCUT2D eigenvalue weighted by molar-refractivity contribution is 0.0159. The molecule has 2 unspecified atom stereocenters. The van der Waals surface area contributed by atoms with Crippen molar-refractivity contribution in [3.8, 4) is 45.5 Å². The Morgan fingerprint density at radius 3 is 1.22 bits per heavy atom. The standard InChI is InChI=1S/C31H39N3O8S.C30H37N3O6.CH3ClO2S/c1-31(2,3)42-30(36)34-18-15-21(16-19-34)25(17-20-40-43(5,37)38)28-32-26(27(33-28)29(35)39-4)22-11-13-24(14-12-22)41-23-9-7-6-8-10-23;1-30(2,3)39-29(36)33-17-14-20(15-18-33)24(16-19-34)27-31-25(26(32-27)28(35)37-4)21-10-12-23(13-11-21)38-22-8-6-5-7-9-22;1-5(2,3)4/h6-14,21,25H,15-20H2,1-5H3,(H,32,33);5-13,20,24,34H,14-19H2,1-4H3,(H,31,32);1H3. The molecule has 2 aliphatic heterocycles. The Hall–Kier alpha value is -7.51. The Morgan fingerprint density at radius 2 is 0.908 bits per heavy atom. The van der Waals surface area contributed by atoms with Crippen LogP contribution in [0.5, 0.6) is 23.0 Å². The largest absolute Gasteiger partial charge is 0.464 e. The number of likely N-dealkylation sites (tertiary alicyclic amines) is 2. The summed E-state index contributed by atoms with van der Waals surface area (Å²) in [4.78, 5) is 70.1. The van der Waals surface area contributed by atoms with Gasteiger partial charge in [0.2, 0.25) is 9.05 Å². The highest BCUT2D eigenvalue weighted by Crippen LogP contribution is 2.39. The van der Waals surface area contributed by atoms with E-state index in [9.17, 15) is 41.1 Å². The third kappa shape index (κ3) is 22.0. The summed E-state index contributed by atoms with van der Waals surface area (Å²) in [5, 5.41) is 9.86. The number of hydrogen-bond acceptors (Lipinski definition) is 18. The molecule has 0 spiro atoms. The summed E-state index contributed by atoms with van der Waals surface area (Å²) in [7, 11) is 0.295. The van der Waals surface area contributed by atoms with Crippen LogP contribution >= 0.6 is 10.7 Å². The first-order chi connectivity index (χ1) is 41.0. The van der Waals surface area contributed by atoms with E-state index in [1.54, 1.807) is 21.9 Å². The normalized spacial score (nSPS) is 14.9. The number of rotatable bonds is 18. The van der Waals surface area contributed by atoms with Crippen LogP contribution in [0.2, 0.25) is 0 Å². The summed E-state index contributed by atoms with van der Waals surface area (Å²) in [5.41, 5.74) is 1.61. The number of aromatic amines is 2. The van der Waals surface area contributed by atoms with Crippen molar-refractivity contribution >= 4 is 54.0 Å². The highest BCUT2D eigenvalue weighted by molar-refractivity contribution is 8.13. The van der Waals surface area contributed by atoms with Gasteiger partial charge < -0.3 is 53.3 Å². The fraction of sp³-hybridized carbons (Fsp3) is 0.452. The van der Waals surface area contributed by atoms with Gasteiger partial charge in [0, 0.05) is 66.4 Å². The van der Waals surface area contributed by atoms with Gasteiger partial charge in [-0.15, -0.1) is 0 Å². The third-order valence-electron chi connectivity index (χ3n) is 13.8. The number of amides is 2. The Balaban J connectivity index is 0.000000259. The molecule has 22 nitrogen and oxygen atoms in total. The van der Waals surface area contributed by atoms with Crippen LogP contribution in [0.4, 0.5) is 9.59 Å². The van der Waals surface area contributed by atoms with E-state index in [1.165, 1.54) is 14.2 Å². The van der Waals surface area contributed by atoms with E-state index < -0.39 is 42.3 Å². The van der Waals surface area contributed by atoms with Crippen LogP contribution in [0.3, 0.4) is 0 Å². The molecule has 472 valence electrons. The highest BCUT2D eigenvalue weighted by Gasteiger charge is 2.36. The lowest BCUT2D eigenvalue weighted by Crippen LogP contribution is -2.42. The van der Waals surface area contributed by atoms with Crippen LogP contribution < -0.4 is 9.47 Å². The second-order valence-corrected chi connectivity index (χ2v) is 27.6. The lowest BCUT2D eigenvalue weighted by Gasteiger charge is -2.36. The minimum atomic E-state index is -3.65. The van der Waals surface area contributed by atoms with Crippen LogP contribution in [-0.4, -0.2) is 153 Å². The van der Waals surface area contributed by atoms with E-state index in [4.69, 9.17) is 42.6 Å². The number of nitrogens with zero attached hydrogens (tertiary/aromatic N) is 4. The van der Waals surface area contributed by atoms with Crippen molar-refractivity contribution in [3.63, 3.8) is 0 Å².